The summed E-state index contributed by atoms with van der Waals surface area (Å²) in [5.41, 5.74) is 4.90. The zero-order valence-corrected chi connectivity index (χ0v) is 21.7. The predicted molar refractivity (Wildman–Crippen MR) is 147 cm³/mol. The number of para-hydroxylation sites is 1. The van der Waals surface area contributed by atoms with E-state index < -0.39 is 0 Å². The van der Waals surface area contributed by atoms with Crippen LogP contribution in [-0.2, 0) is 5.41 Å². The van der Waals surface area contributed by atoms with Gasteiger partial charge in [0, 0.05) is 21.4 Å². The highest BCUT2D eigenvalue weighted by molar-refractivity contribution is 7.14. The SMILES string of the molecule is CC(C)(C)c1ccc(-c2csc(NC(=O)c3cc4cc(Cl)ccc4oc3=Nc3ccccc3)n2)cc1. The summed E-state index contributed by atoms with van der Waals surface area (Å²) in [5.74, 6) is -0.362. The molecular formula is C29H24ClN3O2S. The highest BCUT2D eigenvalue weighted by Crippen LogP contribution is 2.29. The molecule has 0 bridgehead atoms. The maximum Gasteiger partial charge on any atom is 0.262 e. The van der Waals surface area contributed by atoms with Crippen molar-refractivity contribution in [3.8, 4) is 11.3 Å². The average Bonchev–Trinajstić information content (AvgIpc) is 3.32. The van der Waals surface area contributed by atoms with Gasteiger partial charge >= 0.3 is 0 Å². The lowest BCUT2D eigenvalue weighted by molar-refractivity contribution is 0.102. The van der Waals surface area contributed by atoms with Gasteiger partial charge in [-0.1, -0.05) is 74.8 Å². The number of aromatic nitrogens is 1. The second kappa shape index (κ2) is 9.72. The number of fused-ring (bicyclic) bond motifs is 1. The molecule has 0 fully saturated rings. The molecule has 5 aromatic rings. The maximum atomic E-state index is 13.4. The van der Waals surface area contributed by atoms with Crippen LogP contribution in [0.5, 0.6) is 0 Å². The van der Waals surface area contributed by atoms with E-state index in [1.807, 2.05) is 35.7 Å². The predicted octanol–water partition coefficient (Wildman–Crippen LogP) is 7.99. The summed E-state index contributed by atoms with van der Waals surface area (Å²) in [6, 6.07) is 24.7. The minimum atomic E-state index is -0.362. The van der Waals surface area contributed by atoms with Gasteiger partial charge in [-0.25, -0.2) is 9.98 Å². The summed E-state index contributed by atoms with van der Waals surface area (Å²) in [7, 11) is 0. The van der Waals surface area contributed by atoms with Crippen LogP contribution in [0.4, 0.5) is 10.8 Å². The second-order valence-electron chi connectivity index (χ2n) is 9.41. The fraction of sp³-hybridized carbons (Fsp3) is 0.138. The smallest absolute Gasteiger partial charge is 0.262 e. The number of carbonyl (C=O) groups excluding carboxylic acids is 1. The molecule has 36 heavy (non-hydrogen) atoms. The number of nitrogens with zero attached hydrogens (tertiary/aromatic N) is 2. The monoisotopic (exact) mass is 513 g/mol. The highest BCUT2D eigenvalue weighted by atomic mass is 35.5. The minimum Gasteiger partial charge on any atom is -0.438 e. The van der Waals surface area contributed by atoms with E-state index in [9.17, 15) is 4.79 Å². The molecule has 5 nitrogen and oxygen atoms in total. The Morgan fingerprint density at radius 2 is 1.75 bits per heavy atom. The van der Waals surface area contributed by atoms with E-state index in [-0.39, 0.29) is 16.9 Å². The first-order valence-corrected chi connectivity index (χ1v) is 12.7. The minimum absolute atomic E-state index is 0.0807. The molecule has 1 amide bonds. The largest absolute Gasteiger partial charge is 0.438 e. The number of halogens is 1. The standard InChI is InChI=1S/C29H24ClN3O2S/c1-29(2,3)20-11-9-18(10-12-20)24-17-36-28(32-24)33-26(34)23-16-19-15-21(30)13-14-25(19)35-27(23)31-22-7-5-4-6-8-22/h4-17H,1-3H3,(H,32,33,34). The molecule has 180 valence electrons. The van der Waals surface area contributed by atoms with Crippen molar-refractivity contribution in [1.29, 1.82) is 0 Å². The van der Waals surface area contributed by atoms with Crippen LogP contribution in [0.2, 0.25) is 5.02 Å². The molecule has 0 aliphatic rings. The summed E-state index contributed by atoms with van der Waals surface area (Å²) in [4.78, 5) is 22.6. The lowest BCUT2D eigenvalue weighted by atomic mass is 9.86. The molecule has 0 aliphatic carbocycles. The van der Waals surface area contributed by atoms with Crippen LogP contribution in [0.25, 0.3) is 22.2 Å². The molecule has 3 aromatic carbocycles. The van der Waals surface area contributed by atoms with Crippen molar-refractivity contribution >= 4 is 50.6 Å². The molecule has 1 N–H and O–H groups in total. The van der Waals surface area contributed by atoms with Gasteiger partial charge in [0.05, 0.1) is 11.4 Å². The van der Waals surface area contributed by atoms with Gasteiger partial charge in [0.15, 0.2) is 5.13 Å². The lowest BCUT2D eigenvalue weighted by Gasteiger charge is -2.18. The molecule has 0 aliphatic heterocycles. The Balaban J connectivity index is 1.48. The summed E-state index contributed by atoms with van der Waals surface area (Å²) in [6.45, 7) is 6.55. The number of nitrogens with one attached hydrogen (secondary N) is 1. The number of hydrogen-bond acceptors (Lipinski definition) is 5. The first-order valence-electron chi connectivity index (χ1n) is 11.5. The third-order valence-electron chi connectivity index (χ3n) is 5.71. The number of anilines is 1. The summed E-state index contributed by atoms with van der Waals surface area (Å²) < 4.78 is 6.02. The molecule has 2 aromatic heterocycles. The summed E-state index contributed by atoms with van der Waals surface area (Å²) >= 11 is 7.54. The van der Waals surface area contributed by atoms with Crippen molar-refractivity contribution in [2.45, 2.75) is 26.2 Å². The van der Waals surface area contributed by atoms with Gasteiger partial charge in [-0.2, -0.15) is 0 Å². The van der Waals surface area contributed by atoms with Gasteiger partial charge in [0.2, 0.25) is 5.55 Å². The van der Waals surface area contributed by atoms with Crippen molar-refractivity contribution in [3.63, 3.8) is 0 Å². The summed E-state index contributed by atoms with van der Waals surface area (Å²) in [5, 5.41) is 6.59. The van der Waals surface area contributed by atoms with Crippen LogP contribution in [0.15, 0.2) is 93.7 Å². The van der Waals surface area contributed by atoms with Crippen molar-refractivity contribution in [2.24, 2.45) is 4.99 Å². The van der Waals surface area contributed by atoms with Crippen molar-refractivity contribution < 1.29 is 9.21 Å². The average molecular weight is 514 g/mol. The van der Waals surface area contributed by atoms with Crippen LogP contribution in [-0.4, -0.2) is 10.9 Å². The van der Waals surface area contributed by atoms with E-state index in [0.717, 1.165) is 11.3 Å². The molecule has 0 radical (unpaired) electrons. The Morgan fingerprint density at radius 3 is 2.47 bits per heavy atom. The van der Waals surface area contributed by atoms with Gasteiger partial charge in [-0.15, -0.1) is 11.3 Å². The molecule has 5 rings (SSSR count). The van der Waals surface area contributed by atoms with Crippen LogP contribution < -0.4 is 10.9 Å². The van der Waals surface area contributed by atoms with Gasteiger partial charge < -0.3 is 4.42 Å². The molecule has 7 heteroatoms. The fourth-order valence-electron chi connectivity index (χ4n) is 3.74. The number of rotatable bonds is 4. The zero-order chi connectivity index (χ0) is 25.3. The van der Waals surface area contributed by atoms with Gasteiger partial charge in [-0.3, -0.25) is 10.1 Å². The van der Waals surface area contributed by atoms with Crippen LogP contribution in [0, 0.1) is 0 Å². The van der Waals surface area contributed by atoms with Crippen molar-refractivity contribution in [2.75, 3.05) is 5.32 Å². The summed E-state index contributed by atoms with van der Waals surface area (Å²) in [6.07, 6.45) is 0. The topological polar surface area (TPSA) is 67.5 Å². The molecule has 0 saturated carbocycles. The van der Waals surface area contributed by atoms with E-state index >= 15 is 0 Å². The lowest BCUT2D eigenvalue weighted by Crippen LogP contribution is -2.21. The van der Waals surface area contributed by atoms with Gasteiger partial charge in [0.25, 0.3) is 5.91 Å². The first-order chi connectivity index (χ1) is 17.3. The van der Waals surface area contributed by atoms with Gasteiger partial charge in [-0.05, 0) is 47.4 Å². The Morgan fingerprint density at radius 1 is 1.00 bits per heavy atom. The number of thiazole rings is 1. The zero-order valence-electron chi connectivity index (χ0n) is 20.1. The number of benzene rings is 3. The molecule has 0 saturated heterocycles. The third-order valence-corrected chi connectivity index (χ3v) is 6.70. The Bertz CT molecular complexity index is 1610. The number of amides is 1. The first kappa shape index (κ1) is 24.0. The van der Waals surface area contributed by atoms with Crippen molar-refractivity contribution in [1.82, 2.24) is 4.98 Å². The normalized spacial score (nSPS) is 12.2. The number of carbonyl (C=O) groups is 1. The molecule has 2 heterocycles. The van der Waals surface area contributed by atoms with E-state index in [1.165, 1.54) is 16.9 Å². The van der Waals surface area contributed by atoms with E-state index in [0.29, 0.717) is 32.4 Å². The van der Waals surface area contributed by atoms with Crippen molar-refractivity contribution in [3.05, 3.63) is 106 Å². The molecule has 0 atom stereocenters. The Labute approximate surface area is 218 Å². The Kier molecular flexibility index (Phi) is 6.48. The van der Waals surface area contributed by atoms with Crippen LogP contribution >= 0.6 is 22.9 Å². The molecular weight excluding hydrogens is 490 g/mol. The van der Waals surface area contributed by atoms with Crippen LogP contribution in [0.3, 0.4) is 0 Å². The van der Waals surface area contributed by atoms with Crippen LogP contribution in [0.1, 0.15) is 36.7 Å². The highest BCUT2D eigenvalue weighted by Gasteiger charge is 2.17. The Hall–Kier alpha value is -3.74. The van der Waals surface area contributed by atoms with Gasteiger partial charge in [0.1, 0.15) is 11.1 Å². The maximum absolute atomic E-state index is 13.4. The quantitative estimate of drug-likeness (QED) is 0.265. The molecule has 0 spiro atoms. The number of hydrogen-bond donors (Lipinski definition) is 1. The third kappa shape index (κ3) is 5.25. The van der Waals surface area contributed by atoms with E-state index in [2.05, 4.69) is 60.3 Å². The van der Waals surface area contributed by atoms with E-state index in [4.69, 9.17) is 16.0 Å². The second-order valence-corrected chi connectivity index (χ2v) is 10.7. The fourth-order valence-corrected chi connectivity index (χ4v) is 4.63. The van der Waals surface area contributed by atoms with E-state index in [1.54, 1.807) is 24.3 Å². The molecule has 0 unspecified atom stereocenters.